The van der Waals surface area contributed by atoms with Crippen molar-refractivity contribution in [2.75, 3.05) is 29.9 Å². The van der Waals surface area contributed by atoms with E-state index in [-0.39, 0.29) is 29.7 Å². The second-order valence-electron chi connectivity index (χ2n) is 9.96. The van der Waals surface area contributed by atoms with Crippen LogP contribution in [0.1, 0.15) is 57.3 Å². The molecule has 0 aliphatic carbocycles. The number of imide groups is 1. The molecule has 2 aromatic heterocycles. The molecular weight excluding hydrogens is 500 g/mol. The molecule has 2 atom stereocenters. The van der Waals surface area contributed by atoms with Gasteiger partial charge in [-0.2, -0.15) is 0 Å². The summed E-state index contributed by atoms with van der Waals surface area (Å²) >= 11 is 1.58. The van der Waals surface area contributed by atoms with Gasteiger partial charge in [0, 0.05) is 20.1 Å². The van der Waals surface area contributed by atoms with Gasteiger partial charge in [0.2, 0.25) is 5.91 Å². The van der Waals surface area contributed by atoms with Crippen molar-refractivity contribution in [3.63, 3.8) is 0 Å². The lowest BCUT2D eigenvalue weighted by atomic mass is 9.94. The molecule has 2 aliphatic rings. The summed E-state index contributed by atoms with van der Waals surface area (Å²) in [7, 11) is 1.80. The zero-order valence-corrected chi connectivity index (χ0v) is 22.3. The molecule has 2 aromatic carbocycles. The van der Waals surface area contributed by atoms with Crippen molar-refractivity contribution in [3.8, 4) is 0 Å². The molecule has 38 heavy (non-hydrogen) atoms. The summed E-state index contributed by atoms with van der Waals surface area (Å²) in [6, 6.07) is 14.4. The number of furan rings is 1. The largest absolute Gasteiger partial charge is 0.467 e. The van der Waals surface area contributed by atoms with Crippen molar-refractivity contribution in [2.24, 2.45) is 5.92 Å². The van der Waals surface area contributed by atoms with Crippen molar-refractivity contribution in [1.82, 2.24) is 9.88 Å². The average Bonchev–Trinajstić information content (AvgIpc) is 3.65. The van der Waals surface area contributed by atoms with E-state index in [0.717, 1.165) is 33.8 Å². The van der Waals surface area contributed by atoms with Crippen LogP contribution >= 0.6 is 11.3 Å². The Hall–Kier alpha value is -3.98. The predicted octanol–water partition coefficient (Wildman–Crippen LogP) is 5.43. The topological polar surface area (TPSA) is 87.0 Å². The lowest BCUT2D eigenvalue weighted by Gasteiger charge is -2.37. The van der Waals surface area contributed by atoms with Gasteiger partial charge in [0.05, 0.1) is 55.9 Å². The Labute approximate surface area is 224 Å². The van der Waals surface area contributed by atoms with E-state index in [4.69, 9.17) is 4.42 Å². The molecule has 9 heteroatoms. The Bertz CT molecular complexity index is 1560. The Balaban J connectivity index is 1.27. The molecule has 4 aromatic rings. The standard InChI is InChI=1S/C29H28N4O4S/c1-17(24-10-6-14-37-24)31(3)27(34)19-7-5-13-32(16-19)23-9-4-8-21-26(23)29(36)33(28(21)35)20-11-12-25-22(15-20)30-18(2)38-25/h4,6,8-12,14-15,17,19H,5,7,13,16H2,1-3H3/t17-,19-/m1/s1. The van der Waals surface area contributed by atoms with Crippen LogP contribution in [0, 0.1) is 12.8 Å². The number of amides is 3. The number of rotatable bonds is 5. The number of nitrogens with zero attached hydrogens (tertiary/aromatic N) is 4. The Morgan fingerprint density at radius 2 is 2.00 bits per heavy atom. The molecule has 1 fully saturated rings. The average molecular weight is 529 g/mol. The van der Waals surface area contributed by atoms with Crippen LogP contribution in [-0.2, 0) is 4.79 Å². The highest BCUT2D eigenvalue weighted by molar-refractivity contribution is 7.18. The van der Waals surface area contributed by atoms with Gasteiger partial charge in [-0.15, -0.1) is 11.3 Å². The number of piperidine rings is 1. The molecular formula is C29H28N4O4S. The van der Waals surface area contributed by atoms with Crippen molar-refractivity contribution in [2.45, 2.75) is 32.7 Å². The highest BCUT2D eigenvalue weighted by atomic mass is 32.1. The zero-order valence-electron chi connectivity index (χ0n) is 21.5. The molecule has 0 spiro atoms. The van der Waals surface area contributed by atoms with Crippen LogP contribution in [0.4, 0.5) is 11.4 Å². The second kappa shape index (κ2) is 9.40. The molecule has 4 heterocycles. The summed E-state index contributed by atoms with van der Waals surface area (Å²) in [5.74, 6) is -0.119. The van der Waals surface area contributed by atoms with Gasteiger partial charge in [0.15, 0.2) is 0 Å². The Morgan fingerprint density at radius 3 is 2.79 bits per heavy atom. The first kappa shape index (κ1) is 24.4. The fraction of sp³-hybridized carbons (Fsp3) is 0.310. The maximum Gasteiger partial charge on any atom is 0.268 e. The highest BCUT2D eigenvalue weighted by Crippen LogP contribution is 2.38. The number of thiazole rings is 1. The molecule has 2 aliphatic heterocycles. The number of benzene rings is 2. The number of carbonyl (C=O) groups is 3. The number of hydrogen-bond donors (Lipinski definition) is 0. The fourth-order valence-corrected chi connectivity index (χ4v) is 6.34. The van der Waals surface area contributed by atoms with E-state index < -0.39 is 0 Å². The molecule has 6 rings (SSSR count). The third-order valence-electron chi connectivity index (χ3n) is 7.62. The molecule has 8 nitrogen and oxygen atoms in total. The second-order valence-corrected chi connectivity index (χ2v) is 11.2. The summed E-state index contributed by atoms with van der Waals surface area (Å²) in [6.45, 7) is 5.08. The first-order chi connectivity index (χ1) is 18.3. The van der Waals surface area contributed by atoms with Crippen LogP contribution in [-0.4, -0.2) is 47.7 Å². The van der Waals surface area contributed by atoms with E-state index in [1.165, 1.54) is 4.90 Å². The van der Waals surface area contributed by atoms with Gasteiger partial charge in [-0.25, -0.2) is 9.88 Å². The fourth-order valence-electron chi connectivity index (χ4n) is 5.53. The van der Waals surface area contributed by atoms with Crippen molar-refractivity contribution >= 4 is 50.6 Å². The molecule has 194 valence electrons. The van der Waals surface area contributed by atoms with Crippen LogP contribution in [0.2, 0.25) is 0 Å². The van der Waals surface area contributed by atoms with Gasteiger partial charge < -0.3 is 14.2 Å². The van der Waals surface area contributed by atoms with Crippen molar-refractivity contribution in [3.05, 3.63) is 76.7 Å². The monoisotopic (exact) mass is 528 g/mol. The van der Waals surface area contributed by atoms with Crippen molar-refractivity contribution < 1.29 is 18.8 Å². The van der Waals surface area contributed by atoms with Crippen LogP contribution in [0.25, 0.3) is 10.2 Å². The molecule has 0 radical (unpaired) electrons. The highest BCUT2D eigenvalue weighted by Gasteiger charge is 2.41. The smallest absolute Gasteiger partial charge is 0.268 e. The summed E-state index contributed by atoms with van der Waals surface area (Å²) in [5, 5.41) is 0.931. The number of aromatic nitrogens is 1. The minimum absolute atomic E-state index is 0.0436. The number of hydrogen-bond acceptors (Lipinski definition) is 7. The number of anilines is 2. The van der Waals surface area contributed by atoms with E-state index in [2.05, 4.69) is 9.88 Å². The maximum absolute atomic E-state index is 13.7. The molecule has 1 saturated heterocycles. The van der Waals surface area contributed by atoms with E-state index in [1.54, 1.807) is 47.7 Å². The third-order valence-corrected chi connectivity index (χ3v) is 8.58. The van der Waals surface area contributed by atoms with Crippen molar-refractivity contribution in [1.29, 1.82) is 0 Å². The molecule has 3 amide bonds. The first-order valence-corrected chi connectivity index (χ1v) is 13.6. The predicted molar refractivity (Wildman–Crippen MR) is 147 cm³/mol. The van der Waals surface area contributed by atoms with Gasteiger partial charge in [0.1, 0.15) is 5.76 Å². The third kappa shape index (κ3) is 3.98. The number of carbonyl (C=O) groups excluding carboxylic acids is 3. The Kier molecular flexibility index (Phi) is 6.03. The summed E-state index contributed by atoms with van der Waals surface area (Å²) < 4.78 is 6.52. The summed E-state index contributed by atoms with van der Waals surface area (Å²) in [4.78, 5) is 50.2. The quantitative estimate of drug-likeness (QED) is 0.321. The van der Waals surface area contributed by atoms with Gasteiger partial charge in [-0.1, -0.05) is 6.07 Å². The molecule has 0 unspecified atom stereocenters. The van der Waals surface area contributed by atoms with E-state index in [0.29, 0.717) is 35.6 Å². The van der Waals surface area contributed by atoms with Crippen LogP contribution in [0.15, 0.2) is 59.2 Å². The molecule has 0 N–H and O–H groups in total. The van der Waals surface area contributed by atoms with Crippen LogP contribution in [0.5, 0.6) is 0 Å². The number of aryl methyl sites for hydroxylation is 1. The van der Waals surface area contributed by atoms with Gasteiger partial charge >= 0.3 is 0 Å². The Morgan fingerprint density at radius 1 is 1.16 bits per heavy atom. The van der Waals surface area contributed by atoms with E-state index in [1.807, 2.05) is 44.2 Å². The zero-order chi connectivity index (χ0) is 26.6. The lowest BCUT2D eigenvalue weighted by Crippen LogP contribution is -2.44. The van der Waals surface area contributed by atoms with E-state index >= 15 is 0 Å². The minimum atomic E-state index is -0.344. The van der Waals surface area contributed by atoms with E-state index in [9.17, 15) is 14.4 Å². The SMILES string of the molecule is Cc1nc2cc(N3C(=O)c4cccc(N5CCC[C@@H](C(=O)N(C)[C@H](C)c6ccco6)C5)c4C3=O)ccc2s1. The molecule has 0 bridgehead atoms. The molecule has 0 saturated carbocycles. The first-order valence-electron chi connectivity index (χ1n) is 12.8. The van der Waals surface area contributed by atoms with Crippen LogP contribution in [0.3, 0.4) is 0 Å². The van der Waals surface area contributed by atoms with Gasteiger partial charge in [-0.3, -0.25) is 14.4 Å². The summed E-state index contributed by atoms with van der Waals surface area (Å²) in [5.41, 5.74) is 2.77. The summed E-state index contributed by atoms with van der Waals surface area (Å²) in [6.07, 6.45) is 3.19. The maximum atomic E-state index is 13.7. The number of fused-ring (bicyclic) bond motifs is 2. The lowest BCUT2D eigenvalue weighted by molar-refractivity contribution is -0.136. The van der Waals surface area contributed by atoms with Crippen LogP contribution < -0.4 is 9.80 Å². The van der Waals surface area contributed by atoms with Gasteiger partial charge in [0.25, 0.3) is 11.8 Å². The van der Waals surface area contributed by atoms with Gasteiger partial charge in [-0.05, 0) is 69.2 Å². The minimum Gasteiger partial charge on any atom is -0.467 e. The normalized spacial score (nSPS) is 18.2.